The summed E-state index contributed by atoms with van der Waals surface area (Å²) in [5.74, 6) is 0.907. The van der Waals surface area contributed by atoms with E-state index in [-0.39, 0.29) is 0 Å². The number of ether oxygens (including phenoxy) is 1. The van der Waals surface area contributed by atoms with Crippen LogP contribution in [0.3, 0.4) is 0 Å². The Kier molecular flexibility index (Phi) is 3.58. The molecule has 3 nitrogen and oxygen atoms in total. The van der Waals surface area contributed by atoms with Crippen LogP contribution in [0, 0.1) is 6.92 Å². The van der Waals surface area contributed by atoms with Crippen molar-refractivity contribution in [2.75, 3.05) is 25.9 Å². The van der Waals surface area contributed by atoms with Crippen LogP contribution >= 0.6 is 0 Å². The summed E-state index contributed by atoms with van der Waals surface area (Å²) in [4.78, 5) is 0. The summed E-state index contributed by atoms with van der Waals surface area (Å²) < 4.78 is 5.51. The predicted molar refractivity (Wildman–Crippen MR) is 55.0 cm³/mol. The molecule has 13 heavy (non-hydrogen) atoms. The molecule has 0 aromatic heterocycles. The van der Waals surface area contributed by atoms with E-state index in [0.717, 1.165) is 23.5 Å². The van der Waals surface area contributed by atoms with Crippen LogP contribution in [-0.2, 0) is 0 Å². The summed E-state index contributed by atoms with van der Waals surface area (Å²) in [5, 5.41) is 3.02. The first-order valence-corrected chi connectivity index (χ1v) is 4.37. The van der Waals surface area contributed by atoms with E-state index in [0.29, 0.717) is 6.61 Å². The Morgan fingerprint density at radius 1 is 1.46 bits per heavy atom. The zero-order chi connectivity index (χ0) is 9.68. The molecule has 0 aliphatic heterocycles. The Balaban J connectivity index is 2.56. The molecule has 0 amide bonds. The van der Waals surface area contributed by atoms with Crippen LogP contribution in [-0.4, -0.2) is 20.2 Å². The SMILES string of the molecule is CNCCOc1ccc(N)cc1C. The fourth-order valence-electron chi connectivity index (χ4n) is 1.10. The molecule has 1 aromatic carbocycles. The molecule has 0 radical (unpaired) electrons. The fraction of sp³-hybridized carbons (Fsp3) is 0.400. The van der Waals surface area contributed by atoms with E-state index in [2.05, 4.69) is 5.32 Å². The monoisotopic (exact) mass is 180 g/mol. The third-order valence-electron chi connectivity index (χ3n) is 1.81. The smallest absolute Gasteiger partial charge is 0.122 e. The maximum absolute atomic E-state index is 5.61. The number of nitrogens with two attached hydrogens (primary N) is 1. The summed E-state index contributed by atoms with van der Waals surface area (Å²) in [6.45, 7) is 3.52. The molecule has 0 saturated carbocycles. The molecule has 0 heterocycles. The zero-order valence-electron chi connectivity index (χ0n) is 8.13. The maximum atomic E-state index is 5.61. The van der Waals surface area contributed by atoms with E-state index < -0.39 is 0 Å². The quantitative estimate of drug-likeness (QED) is 0.540. The Bertz CT molecular complexity index is 274. The van der Waals surface area contributed by atoms with Gasteiger partial charge in [0.1, 0.15) is 12.4 Å². The predicted octanol–water partition coefficient (Wildman–Crippen LogP) is 1.18. The van der Waals surface area contributed by atoms with Crippen molar-refractivity contribution in [1.82, 2.24) is 5.32 Å². The van der Waals surface area contributed by atoms with Gasteiger partial charge >= 0.3 is 0 Å². The molecular weight excluding hydrogens is 164 g/mol. The molecule has 0 spiro atoms. The summed E-state index contributed by atoms with van der Waals surface area (Å²) >= 11 is 0. The van der Waals surface area contributed by atoms with Crippen molar-refractivity contribution < 1.29 is 4.74 Å². The summed E-state index contributed by atoms with van der Waals surface area (Å²) in [5.41, 5.74) is 7.47. The number of hydrogen-bond acceptors (Lipinski definition) is 3. The number of nitrogens with one attached hydrogen (secondary N) is 1. The molecule has 0 aliphatic carbocycles. The van der Waals surface area contributed by atoms with Gasteiger partial charge in [0.2, 0.25) is 0 Å². The van der Waals surface area contributed by atoms with Crippen LogP contribution in [0.15, 0.2) is 18.2 Å². The first-order chi connectivity index (χ1) is 6.24. The highest BCUT2D eigenvalue weighted by molar-refractivity contribution is 5.47. The maximum Gasteiger partial charge on any atom is 0.122 e. The van der Waals surface area contributed by atoms with Gasteiger partial charge in [0.15, 0.2) is 0 Å². The van der Waals surface area contributed by atoms with Crippen molar-refractivity contribution in [2.24, 2.45) is 0 Å². The van der Waals surface area contributed by atoms with Gasteiger partial charge in [0.25, 0.3) is 0 Å². The molecule has 72 valence electrons. The second kappa shape index (κ2) is 4.72. The number of aryl methyl sites for hydroxylation is 1. The number of benzene rings is 1. The molecule has 3 heteroatoms. The standard InChI is InChI=1S/C10H16N2O/c1-8-7-9(11)3-4-10(8)13-6-5-12-2/h3-4,7,12H,5-6,11H2,1-2H3. The zero-order valence-corrected chi connectivity index (χ0v) is 8.13. The van der Waals surface area contributed by atoms with Gasteiger partial charge < -0.3 is 15.8 Å². The van der Waals surface area contributed by atoms with Crippen LogP contribution < -0.4 is 15.8 Å². The minimum atomic E-state index is 0.682. The second-order valence-corrected chi connectivity index (χ2v) is 2.98. The van der Waals surface area contributed by atoms with Crippen molar-refractivity contribution in [2.45, 2.75) is 6.92 Å². The highest BCUT2D eigenvalue weighted by Crippen LogP contribution is 2.19. The first kappa shape index (κ1) is 9.86. The topological polar surface area (TPSA) is 47.3 Å². The molecule has 0 fully saturated rings. The van der Waals surface area contributed by atoms with E-state index in [4.69, 9.17) is 10.5 Å². The van der Waals surface area contributed by atoms with E-state index in [1.54, 1.807) is 0 Å². The second-order valence-electron chi connectivity index (χ2n) is 2.98. The summed E-state index contributed by atoms with van der Waals surface area (Å²) in [7, 11) is 1.90. The van der Waals surface area contributed by atoms with Crippen molar-refractivity contribution in [3.63, 3.8) is 0 Å². The molecule has 0 aliphatic rings. The normalized spacial score (nSPS) is 10.0. The lowest BCUT2D eigenvalue weighted by molar-refractivity contribution is 0.316. The lowest BCUT2D eigenvalue weighted by atomic mass is 10.2. The molecular formula is C10H16N2O. The van der Waals surface area contributed by atoms with Gasteiger partial charge in [-0.25, -0.2) is 0 Å². The lowest BCUT2D eigenvalue weighted by Gasteiger charge is -2.08. The number of likely N-dealkylation sites (N-methyl/N-ethyl adjacent to an activating group) is 1. The number of rotatable bonds is 4. The van der Waals surface area contributed by atoms with Gasteiger partial charge in [-0.3, -0.25) is 0 Å². The molecule has 1 rings (SSSR count). The van der Waals surface area contributed by atoms with Gasteiger partial charge in [0, 0.05) is 12.2 Å². The fourth-order valence-corrected chi connectivity index (χ4v) is 1.10. The van der Waals surface area contributed by atoms with Crippen molar-refractivity contribution in [3.8, 4) is 5.75 Å². The third kappa shape index (κ3) is 2.95. The van der Waals surface area contributed by atoms with Crippen LogP contribution in [0.4, 0.5) is 5.69 Å². The highest BCUT2D eigenvalue weighted by atomic mass is 16.5. The largest absolute Gasteiger partial charge is 0.492 e. The summed E-state index contributed by atoms with van der Waals surface area (Å²) in [6.07, 6.45) is 0. The average molecular weight is 180 g/mol. The van der Waals surface area contributed by atoms with Gasteiger partial charge in [-0.05, 0) is 37.7 Å². The molecule has 0 atom stereocenters. The Hall–Kier alpha value is -1.22. The van der Waals surface area contributed by atoms with Gasteiger partial charge in [-0.2, -0.15) is 0 Å². The van der Waals surface area contributed by atoms with Gasteiger partial charge in [-0.1, -0.05) is 0 Å². The third-order valence-corrected chi connectivity index (χ3v) is 1.81. The molecule has 1 aromatic rings. The highest BCUT2D eigenvalue weighted by Gasteiger charge is 1.98. The molecule has 3 N–H and O–H groups in total. The molecule has 0 bridgehead atoms. The van der Waals surface area contributed by atoms with Gasteiger partial charge in [0.05, 0.1) is 0 Å². The van der Waals surface area contributed by atoms with E-state index >= 15 is 0 Å². The van der Waals surface area contributed by atoms with Crippen molar-refractivity contribution in [1.29, 1.82) is 0 Å². The Morgan fingerprint density at radius 2 is 2.23 bits per heavy atom. The van der Waals surface area contributed by atoms with Crippen LogP contribution in [0.2, 0.25) is 0 Å². The average Bonchev–Trinajstić information content (AvgIpc) is 2.09. The number of anilines is 1. The summed E-state index contributed by atoms with van der Waals surface area (Å²) in [6, 6.07) is 5.66. The molecule has 0 unspecified atom stereocenters. The molecule has 0 saturated heterocycles. The minimum absolute atomic E-state index is 0.682. The first-order valence-electron chi connectivity index (χ1n) is 4.37. The Morgan fingerprint density at radius 3 is 2.85 bits per heavy atom. The van der Waals surface area contributed by atoms with Gasteiger partial charge in [-0.15, -0.1) is 0 Å². The van der Waals surface area contributed by atoms with E-state index in [9.17, 15) is 0 Å². The van der Waals surface area contributed by atoms with Crippen molar-refractivity contribution in [3.05, 3.63) is 23.8 Å². The van der Waals surface area contributed by atoms with Crippen LogP contribution in [0.25, 0.3) is 0 Å². The van der Waals surface area contributed by atoms with Crippen LogP contribution in [0.5, 0.6) is 5.75 Å². The van der Waals surface area contributed by atoms with E-state index in [1.165, 1.54) is 0 Å². The Labute approximate surface area is 78.9 Å². The van der Waals surface area contributed by atoms with Crippen LogP contribution in [0.1, 0.15) is 5.56 Å². The van der Waals surface area contributed by atoms with Crippen molar-refractivity contribution >= 4 is 5.69 Å². The lowest BCUT2D eigenvalue weighted by Crippen LogP contribution is -2.16. The minimum Gasteiger partial charge on any atom is -0.492 e. The number of nitrogen functional groups attached to an aromatic ring is 1. The van der Waals surface area contributed by atoms with E-state index in [1.807, 2.05) is 32.2 Å². The number of hydrogen-bond donors (Lipinski definition) is 2.